The third-order valence-corrected chi connectivity index (χ3v) is 10.0. The number of esters is 2. The summed E-state index contributed by atoms with van der Waals surface area (Å²) in [6, 6.07) is 0. The molecule has 2 aliphatic heterocycles. The van der Waals surface area contributed by atoms with Crippen LogP contribution in [-0.2, 0) is 23.8 Å². The van der Waals surface area contributed by atoms with Crippen LogP contribution in [0.5, 0.6) is 0 Å². The van der Waals surface area contributed by atoms with Gasteiger partial charge in [-0.2, -0.15) is 0 Å². The molecule has 0 amide bonds. The zero-order valence-corrected chi connectivity index (χ0v) is 19.2. The average Bonchev–Trinajstić information content (AvgIpc) is 3.02. The number of aliphatic hydroxyl groups excluding tert-OH is 2. The van der Waals surface area contributed by atoms with Gasteiger partial charge >= 0.3 is 11.9 Å². The fraction of sp³-hybridized carbons (Fsp3) is 0.917. The highest BCUT2D eigenvalue weighted by Gasteiger charge is 2.81. The van der Waals surface area contributed by atoms with Crippen LogP contribution in [0.4, 0.5) is 0 Å². The van der Waals surface area contributed by atoms with Gasteiger partial charge in [0.25, 0.3) is 0 Å². The Labute approximate surface area is 183 Å². The first kappa shape index (κ1) is 21.7. The number of rotatable bonds is 3. The summed E-state index contributed by atoms with van der Waals surface area (Å²) in [5, 5.41) is 21.8. The molecular formula is C24H36O7. The Morgan fingerprint density at radius 2 is 1.74 bits per heavy atom. The van der Waals surface area contributed by atoms with Gasteiger partial charge in [-0.25, -0.2) is 0 Å². The molecule has 2 saturated heterocycles. The molecule has 6 rings (SSSR count). The quantitative estimate of drug-likeness (QED) is 0.654. The molecule has 2 heterocycles. The van der Waals surface area contributed by atoms with Crippen molar-refractivity contribution >= 4 is 11.9 Å². The topological polar surface area (TPSA) is 102 Å². The molecule has 7 nitrogen and oxygen atoms in total. The van der Waals surface area contributed by atoms with Gasteiger partial charge < -0.3 is 24.4 Å². The molecule has 2 N–H and O–H groups in total. The van der Waals surface area contributed by atoms with E-state index in [2.05, 4.69) is 20.8 Å². The number of fused-ring (bicyclic) bond motifs is 1. The van der Waals surface area contributed by atoms with E-state index in [1.807, 2.05) is 0 Å². The Balaban J connectivity index is 1.62. The average molecular weight is 437 g/mol. The SMILES string of the molecule is CC(=O)O[C@H]1C[C@]23C[C@H]4C[C@H](O[C@@]4(CO)[C@H]2O)[C@H]3[C@]2(C)CC[C@H](OC(C)=O)C(C)(C)[C@@H]12. The standard InChI is InChI=1S/C24H36O7/c1-12(26)29-16-10-23-9-14-8-15(31-24(14,11-25)20(23)28)19(23)22(5)7-6-17(30-13(2)27)21(3,4)18(16)22/h14-20,25,28H,6-11H2,1-5H3/t14-,15+,16+,17+,18-,19+,20+,22-,23+,24-/m1/s1. The van der Waals surface area contributed by atoms with E-state index in [0.29, 0.717) is 6.42 Å². The molecule has 1 spiro atoms. The Morgan fingerprint density at radius 1 is 1.06 bits per heavy atom. The maximum absolute atomic E-state index is 12.2. The van der Waals surface area contributed by atoms with E-state index < -0.39 is 22.5 Å². The molecule has 10 atom stereocenters. The Bertz CT molecular complexity index is 810. The number of carbonyl (C=O) groups is 2. The first-order valence-corrected chi connectivity index (χ1v) is 11.7. The summed E-state index contributed by atoms with van der Waals surface area (Å²) in [6.45, 7) is 9.20. The monoisotopic (exact) mass is 436 g/mol. The summed E-state index contributed by atoms with van der Waals surface area (Å²) < 4.78 is 18.2. The highest BCUT2D eigenvalue weighted by molar-refractivity contribution is 5.66. The van der Waals surface area contributed by atoms with Crippen LogP contribution in [0.3, 0.4) is 0 Å². The lowest BCUT2D eigenvalue weighted by Gasteiger charge is -2.69. The Kier molecular flexibility index (Phi) is 4.50. The predicted molar refractivity (Wildman–Crippen MR) is 110 cm³/mol. The largest absolute Gasteiger partial charge is 0.462 e. The minimum atomic E-state index is -0.879. The van der Waals surface area contributed by atoms with Gasteiger partial charge in [-0.3, -0.25) is 9.59 Å². The van der Waals surface area contributed by atoms with Gasteiger partial charge in [0.15, 0.2) is 0 Å². The Hall–Kier alpha value is -1.18. The third-order valence-electron chi connectivity index (χ3n) is 10.0. The first-order chi connectivity index (χ1) is 14.4. The van der Waals surface area contributed by atoms with Crippen molar-refractivity contribution in [2.45, 2.75) is 96.7 Å². The molecule has 0 aromatic heterocycles. The van der Waals surface area contributed by atoms with Crippen LogP contribution >= 0.6 is 0 Å². The highest BCUT2D eigenvalue weighted by Crippen LogP contribution is 2.77. The van der Waals surface area contributed by atoms with E-state index in [9.17, 15) is 19.8 Å². The van der Waals surface area contributed by atoms with Crippen molar-refractivity contribution in [1.29, 1.82) is 0 Å². The summed E-state index contributed by atoms with van der Waals surface area (Å²) in [6.07, 6.45) is 2.34. The van der Waals surface area contributed by atoms with E-state index in [1.54, 1.807) is 0 Å². The smallest absolute Gasteiger partial charge is 0.302 e. The van der Waals surface area contributed by atoms with Crippen LogP contribution in [0.2, 0.25) is 0 Å². The van der Waals surface area contributed by atoms with Crippen molar-refractivity contribution in [3.05, 3.63) is 0 Å². The van der Waals surface area contributed by atoms with Gasteiger partial charge in [-0.1, -0.05) is 20.8 Å². The Morgan fingerprint density at radius 3 is 2.32 bits per heavy atom. The van der Waals surface area contributed by atoms with Gasteiger partial charge in [0.05, 0.1) is 18.8 Å². The highest BCUT2D eigenvalue weighted by atomic mass is 16.6. The van der Waals surface area contributed by atoms with Crippen LogP contribution < -0.4 is 0 Å². The normalized spacial score (nSPS) is 53.6. The van der Waals surface area contributed by atoms with Crippen LogP contribution in [0.15, 0.2) is 0 Å². The molecule has 4 saturated carbocycles. The second kappa shape index (κ2) is 6.45. The number of carbonyl (C=O) groups excluding carboxylic acids is 2. The number of ether oxygens (including phenoxy) is 3. The molecule has 0 unspecified atom stereocenters. The van der Waals surface area contributed by atoms with E-state index in [-0.39, 0.29) is 60.0 Å². The molecule has 4 bridgehead atoms. The number of hydrogen-bond donors (Lipinski definition) is 2. The molecular weight excluding hydrogens is 400 g/mol. The van der Waals surface area contributed by atoms with Crippen molar-refractivity contribution in [2.75, 3.05) is 6.61 Å². The van der Waals surface area contributed by atoms with Gasteiger partial charge in [0.2, 0.25) is 0 Å². The van der Waals surface area contributed by atoms with Crippen LogP contribution in [0.1, 0.15) is 66.7 Å². The lowest BCUT2D eigenvalue weighted by atomic mass is 9.39. The van der Waals surface area contributed by atoms with E-state index in [1.165, 1.54) is 13.8 Å². The summed E-state index contributed by atoms with van der Waals surface area (Å²) in [5.41, 5.74) is -1.96. The second-order valence-electron chi connectivity index (χ2n) is 11.8. The van der Waals surface area contributed by atoms with Gasteiger partial charge in [-0.05, 0) is 49.4 Å². The van der Waals surface area contributed by atoms with Crippen molar-refractivity contribution in [1.82, 2.24) is 0 Å². The number of aliphatic hydroxyl groups is 2. The molecule has 0 aromatic carbocycles. The van der Waals surface area contributed by atoms with E-state index >= 15 is 0 Å². The minimum Gasteiger partial charge on any atom is -0.462 e. The van der Waals surface area contributed by atoms with Crippen molar-refractivity contribution in [3.8, 4) is 0 Å². The van der Waals surface area contributed by atoms with Crippen LogP contribution in [0, 0.1) is 34.0 Å². The number of hydrogen-bond acceptors (Lipinski definition) is 7. The summed E-state index contributed by atoms with van der Waals surface area (Å²) in [4.78, 5) is 24.0. The summed E-state index contributed by atoms with van der Waals surface area (Å²) in [7, 11) is 0. The zero-order valence-electron chi connectivity index (χ0n) is 19.2. The molecule has 0 aromatic rings. The van der Waals surface area contributed by atoms with Crippen molar-refractivity contribution in [3.63, 3.8) is 0 Å². The zero-order chi connectivity index (χ0) is 22.6. The second-order valence-corrected chi connectivity index (χ2v) is 11.8. The molecule has 4 aliphatic carbocycles. The fourth-order valence-electron chi connectivity index (χ4n) is 9.53. The van der Waals surface area contributed by atoms with Crippen molar-refractivity contribution < 1.29 is 34.0 Å². The lowest BCUT2D eigenvalue weighted by molar-refractivity contribution is -0.306. The van der Waals surface area contributed by atoms with Crippen molar-refractivity contribution in [2.24, 2.45) is 34.0 Å². The maximum atomic E-state index is 12.2. The predicted octanol–water partition coefficient (Wildman–Crippen LogP) is 2.21. The van der Waals surface area contributed by atoms with Crippen LogP contribution in [-0.4, -0.2) is 58.8 Å². The molecule has 6 aliphatic rings. The molecule has 7 heteroatoms. The van der Waals surface area contributed by atoms with E-state index in [0.717, 1.165) is 25.7 Å². The lowest BCUT2D eigenvalue weighted by Crippen LogP contribution is -2.71. The molecule has 6 fully saturated rings. The van der Waals surface area contributed by atoms with Gasteiger partial charge in [0, 0.05) is 30.6 Å². The fourth-order valence-corrected chi connectivity index (χ4v) is 9.53. The van der Waals surface area contributed by atoms with Crippen LogP contribution in [0.25, 0.3) is 0 Å². The molecule has 174 valence electrons. The molecule has 31 heavy (non-hydrogen) atoms. The maximum Gasteiger partial charge on any atom is 0.302 e. The third kappa shape index (κ3) is 2.51. The minimum absolute atomic E-state index is 0.0128. The first-order valence-electron chi connectivity index (χ1n) is 11.7. The summed E-state index contributed by atoms with van der Waals surface area (Å²) in [5.74, 6) is -0.403. The molecule has 0 radical (unpaired) electrons. The summed E-state index contributed by atoms with van der Waals surface area (Å²) >= 11 is 0. The van der Waals surface area contributed by atoms with E-state index in [4.69, 9.17) is 14.2 Å². The van der Waals surface area contributed by atoms with Gasteiger partial charge in [0.1, 0.15) is 17.8 Å². The van der Waals surface area contributed by atoms with Gasteiger partial charge in [-0.15, -0.1) is 0 Å².